The summed E-state index contributed by atoms with van der Waals surface area (Å²) in [5, 5.41) is 8.47. The first kappa shape index (κ1) is 10.8. The molecule has 0 atom stereocenters. The van der Waals surface area contributed by atoms with Crippen molar-refractivity contribution in [2.75, 3.05) is 0 Å². The van der Waals surface area contributed by atoms with Crippen molar-refractivity contribution in [3.8, 4) is 0 Å². The Morgan fingerprint density at radius 2 is 2.42 bits per heavy atom. The first-order valence-corrected chi connectivity index (χ1v) is 3.89. The molecule has 0 saturated heterocycles. The molecule has 3 nitrogen and oxygen atoms in total. The lowest BCUT2D eigenvalue weighted by atomic mass is 10.7. The van der Waals surface area contributed by atoms with Gasteiger partial charge in [0.15, 0.2) is 0 Å². The second kappa shape index (κ2) is 6.46. The minimum atomic E-state index is 1.01. The molecule has 0 bridgehead atoms. The van der Waals surface area contributed by atoms with Gasteiger partial charge in [0.2, 0.25) is 6.33 Å². The fourth-order valence-corrected chi connectivity index (χ4v) is 0.706. The number of isothiocyanates is 1. The molecule has 0 saturated carbocycles. The molecule has 1 aromatic heterocycles. The molecule has 0 aromatic carbocycles. The number of nitrogens with zero attached hydrogens (tertiary/aromatic N) is 3. The van der Waals surface area contributed by atoms with Gasteiger partial charge >= 0.3 is 0 Å². The van der Waals surface area contributed by atoms with Crippen molar-refractivity contribution in [1.82, 2.24) is 4.57 Å². The molecule has 0 fully saturated rings. The van der Waals surface area contributed by atoms with Crippen LogP contribution in [0.5, 0.6) is 0 Å². The Morgan fingerprint density at radius 3 is 2.67 bits per heavy atom. The summed E-state index contributed by atoms with van der Waals surface area (Å²) in [6, 6.07) is 0. The van der Waals surface area contributed by atoms with Crippen LogP contribution >= 0.6 is 12.2 Å². The van der Waals surface area contributed by atoms with Crippen LogP contribution < -0.4 is 4.57 Å². The second-order valence-corrected chi connectivity index (χ2v) is 2.15. The van der Waals surface area contributed by atoms with E-state index >= 15 is 0 Å². The molecule has 0 aliphatic carbocycles. The van der Waals surface area contributed by atoms with Gasteiger partial charge in [-0.2, -0.15) is 5.16 Å². The third-order valence-electron chi connectivity index (χ3n) is 1.29. The normalized spacial score (nSPS) is 7.75. The van der Waals surface area contributed by atoms with Gasteiger partial charge in [0.25, 0.3) is 0 Å². The Hall–Kier alpha value is -1.25. The lowest BCUT2D eigenvalue weighted by molar-refractivity contribution is -0.692. The minimum Gasteiger partial charge on any atom is -0.753 e. The molecule has 0 amide bonds. The SMILES string of the molecule is C=Cn1cc[n+](CC)c1.[N-]=C=S. The van der Waals surface area contributed by atoms with Gasteiger partial charge in [0.1, 0.15) is 12.4 Å². The maximum absolute atomic E-state index is 7.13. The van der Waals surface area contributed by atoms with Crippen LogP contribution in [0.2, 0.25) is 0 Å². The molecule has 1 rings (SSSR count). The third kappa shape index (κ3) is 3.81. The summed E-state index contributed by atoms with van der Waals surface area (Å²) in [5.74, 6) is 0. The van der Waals surface area contributed by atoms with E-state index in [1.165, 1.54) is 5.16 Å². The summed E-state index contributed by atoms with van der Waals surface area (Å²) in [7, 11) is 0. The highest BCUT2D eigenvalue weighted by Gasteiger charge is 1.94. The first-order chi connectivity index (χ1) is 5.78. The number of hydrogen-bond donors (Lipinski definition) is 0. The van der Waals surface area contributed by atoms with E-state index in [0.29, 0.717) is 0 Å². The lowest BCUT2D eigenvalue weighted by Crippen LogP contribution is -2.28. The van der Waals surface area contributed by atoms with Crippen LogP contribution in [0.15, 0.2) is 25.3 Å². The average molecular weight is 181 g/mol. The van der Waals surface area contributed by atoms with Crippen LogP contribution in [0.4, 0.5) is 0 Å². The van der Waals surface area contributed by atoms with Gasteiger partial charge in [-0.15, -0.1) is 0 Å². The van der Waals surface area contributed by atoms with E-state index < -0.39 is 0 Å². The van der Waals surface area contributed by atoms with Gasteiger partial charge < -0.3 is 5.41 Å². The van der Waals surface area contributed by atoms with Crippen molar-refractivity contribution in [3.63, 3.8) is 0 Å². The zero-order chi connectivity index (χ0) is 9.40. The van der Waals surface area contributed by atoms with E-state index in [1.54, 1.807) is 6.20 Å². The summed E-state index contributed by atoms with van der Waals surface area (Å²) >= 11 is 3.70. The van der Waals surface area contributed by atoms with Gasteiger partial charge in [0.05, 0.1) is 12.7 Å². The summed E-state index contributed by atoms with van der Waals surface area (Å²) < 4.78 is 4.01. The predicted molar refractivity (Wildman–Crippen MR) is 52.6 cm³/mol. The zero-order valence-corrected chi connectivity index (χ0v) is 7.79. The molecular formula is C8H11N3S. The molecule has 12 heavy (non-hydrogen) atoms. The Kier molecular flexibility index (Phi) is 5.79. The van der Waals surface area contributed by atoms with Crippen LogP contribution in [0, 0.1) is 0 Å². The van der Waals surface area contributed by atoms with Crippen molar-refractivity contribution in [2.45, 2.75) is 13.5 Å². The van der Waals surface area contributed by atoms with E-state index in [-0.39, 0.29) is 0 Å². The van der Waals surface area contributed by atoms with E-state index in [2.05, 4.69) is 30.3 Å². The maximum Gasteiger partial charge on any atom is 0.248 e. The molecule has 4 heteroatoms. The largest absolute Gasteiger partial charge is 0.753 e. The van der Waals surface area contributed by atoms with E-state index in [0.717, 1.165) is 6.54 Å². The molecule has 64 valence electrons. The molecule has 0 unspecified atom stereocenters. The number of aromatic nitrogens is 2. The monoisotopic (exact) mass is 181 g/mol. The Bertz CT molecular complexity index is 272. The molecule has 0 aliphatic heterocycles. The van der Waals surface area contributed by atoms with Crippen LogP contribution in [0.25, 0.3) is 11.6 Å². The zero-order valence-electron chi connectivity index (χ0n) is 6.97. The molecule has 0 spiro atoms. The van der Waals surface area contributed by atoms with Crippen molar-refractivity contribution in [3.05, 3.63) is 30.7 Å². The third-order valence-corrected chi connectivity index (χ3v) is 1.29. The predicted octanol–water partition coefficient (Wildman–Crippen LogP) is 1.55. The molecule has 1 heterocycles. The van der Waals surface area contributed by atoms with Crippen LogP contribution in [0.1, 0.15) is 6.92 Å². The average Bonchev–Trinajstić information content (AvgIpc) is 2.53. The van der Waals surface area contributed by atoms with Gasteiger partial charge in [-0.25, -0.2) is 9.13 Å². The number of hydrogen-bond acceptors (Lipinski definition) is 1. The van der Waals surface area contributed by atoms with E-state index in [1.807, 2.05) is 23.3 Å². The summed E-state index contributed by atoms with van der Waals surface area (Å²) in [6.07, 6.45) is 7.75. The van der Waals surface area contributed by atoms with Crippen molar-refractivity contribution in [2.24, 2.45) is 0 Å². The van der Waals surface area contributed by atoms with Crippen molar-refractivity contribution < 1.29 is 4.57 Å². The summed E-state index contributed by atoms with van der Waals surface area (Å²) in [4.78, 5) is 0. The topological polar surface area (TPSA) is 31.1 Å². The fourth-order valence-electron chi connectivity index (χ4n) is 0.706. The number of thiocarbonyl (C=S) groups is 1. The van der Waals surface area contributed by atoms with Gasteiger partial charge in [-0.3, -0.25) is 0 Å². The number of aryl methyl sites for hydroxylation is 1. The maximum atomic E-state index is 7.13. The van der Waals surface area contributed by atoms with Crippen molar-refractivity contribution >= 4 is 23.6 Å². The highest BCUT2D eigenvalue weighted by molar-refractivity contribution is 7.78. The fraction of sp³-hybridized carbons (Fsp3) is 0.250. The second-order valence-electron chi connectivity index (χ2n) is 1.97. The van der Waals surface area contributed by atoms with Crippen molar-refractivity contribution in [1.29, 1.82) is 0 Å². The Balaban J connectivity index is 0.000000354. The minimum absolute atomic E-state index is 1.01. The Labute approximate surface area is 77.5 Å². The lowest BCUT2D eigenvalue weighted by Gasteiger charge is -1.81. The Morgan fingerprint density at radius 1 is 1.83 bits per heavy atom. The van der Waals surface area contributed by atoms with Crippen LogP contribution in [0.3, 0.4) is 0 Å². The summed E-state index contributed by atoms with van der Waals surface area (Å²) in [6.45, 7) is 6.75. The number of rotatable bonds is 2. The molecule has 1 aromatic rings. The van der Waals surface area contributed by atoms with Gasteiger partial charge in [0, 0.05) is 0 Å². The van der Waals surface area contributed by atoms with Gasteiger partial charge in [-0.1, -0.05) is 18.8 Å². The van der Waals surface area contributed by atoms with E-state index in [9.17, 15) is 0 Å². The van der Waals surface area contributed by atoms with Crippen LogP contribution in [-0.4, -0.2) is 9.73 Å². The first-order valence-electron chi connectivity index (χ1n) is 3.48. The number of imidazole rings is 1. The molecule has 0 N–H and O–H groups in total. The van der Waals surface area contributed by atoms with E-state index in [4.69, 9.17) is 5.41 Å². The standard InChI is InChI=1S/C7H11N2.CNS/c1-3-8-5-6-9(4-2)7-8;2-1-3/h3,5-7H,1,4H2,2H3;/q+1;-1. The smallest absolute Gasteiger partial charge is 0.248 e. The molecule has 0 aliphatic rings. The highest BCUT2D eigenvalue weighted by Crippen LogP contribution is 1.81. The highest BCUT2D eigenvalue weighted by atomic mass is 32.1. The van der Waals surface area contributed by atoms with Crippen LogP contribution in [-0.2, 0) is 6.54 Å². The molecule has 0 radical (unpaired) electrons. The molecular weight excluding hydrogens is 170 g/mol. The summed E-state index contributed by atoms with van der Waals surface area (Å²) in [5.41, 5.74) is 0. The quantitative estimate of drug-likeness (QED) is 0.387. The van der Waals surface area contributed by atoms with Gasteiger partial charge in [-0.05, 0) is 6.92 Å².